The lowest BCUT2D eigenvalue weighted by Gasteiger charge is -2.39. The van der Waals surface area contributed by atoms with Crippen molar-refractivity contribution in [2.75, 3.05) is 12.3 Å². The van der Waals surface area contributed by atoms with E-state index >= 15 is 0 Å². The van der Waals surface area contributed by atoms with E-state index in [9.17, 15) is 4.79 Å². The van der Waals surface area contributed by atoms with Gasteiger partial charge in [0.25, 0.3) is 0 Å². The average Bonchev–Trinajstić information content (AvgIpc) is 2.29. The van der Waals surface area contributed by atoms with Gasteiger partial charge < -0.3 is 11.1 Å². The van der Waals surface area contributed by atoms with Crippen LogP contribution < -0.4 is 11.1 Å². The number of hydrogen-bond donors (Lipinski definition) is 2. The van der Waals surface area contributed by atoms with Gasteiger partial charge in [-0.05, 0) is 50.3 Å². The summed E-state index contributed by atoms with van der Waals surface area (Å²) in [6.45, 7) is 7.37. The molecule has 0 aromatic carbocycles. The lowest BCUT2D eigenvalue weighted by Crippen LogP contribution is -2.58. The molecule has 1 saturated carbocycles. The van der Waals surface area contributed by atoms with Crippen molar-refractivity contribution >= 4 is 17.7 Å². The molecule has 1 aliphatic carbocycles. The average molecular weight is 272 g/mol. The second-order valence-electron chi connectivity index (χ2n) is 5.75. The van der Waals surface area contributed by atoms with Crippen molar-refractivity contribution in [3.8, 4) is 0 Å². The third-order valence-corrected chi connectivity index (χ3v) is 5.09. The Kier molecular flexibility index (Phi) is 6.50. The molecule has 0 heterocycles. The summed E-state index contributed by atoms with van der Waals surface area (Å²) in [5.74, 6) is 1.79. The van der Waals surface area contributed by atoms with Crippen LogP contribution in [0.5, 0.6) is 0 Å². The Morgan fingerprint density at radius 1 is 1.56 bits per heavy atom. The Labute approximate surface area is 116 Å². The van der Waals surface area contributed by atoms with Crippen molar-refractivity contribution in [1.82, 2.24) is 5.32 Å². The number of likely N-dealkylation sites (N-methyl/N-ethyl adjacent to an activating group) is 1. The van der Waals surface area contributed by atoms with Gasteiger partial charge in [-0.25, -0.2) is 0 Å². The number of rotatable bonds is 7. The van der Waals surface area contributed by atoms with Crippen LogP contribution in [0.2, 0.25) is 0 Å². The molecule has 0 bridgehead atoms. The zero-order valence-corrected chi connectivity index (χ0v) is 12.8. The summed E-state index contributed by atoms with van der Waals surface area (Å²) in [6.07, 6.45) is 5.39. The molecule has 2 atom stereocenters. The highest BCUT2D eigenvalue weighted by Gasteiger charge is 2.40. The molecule has 0 aliphatic heterocycles. The molecule has 0 spiro atoms. The molecule has 4 heteroatoms. The summed E-state index contributed by atoms with van der Waals surface area (Å²) in [5.41, 5.74) is 5.17. The zero-order chi connectivity index (χ0) is 13.6. The molecule has 2 unspecified atom stereocenters. The van der Waals surface area contributed by atoms with Gasteiger partial charge in [0.05, 0.1) is 5.54 Å². The fourth-order valence-electron chi connectivity index (χ4n) is 2.65. The molecule has 0 aromatic heterocycles. The van der Waals surface area contributed by atoms with E-state index in [1.165, 1.54) is 18.6 Å². The maximum absolute atomic E-state index is 11.7. The zero-order valence-electron chi connectivity index (χ0n) is 12.0. The first kappa shape index (κ1) is 15.8. The van der Waals surface area contributed by atoms with Crippen LogP contribution in [-0.4, -0.2) is 29.0 Å². The van der Waals surface area contributed by atoms with Crippen LogP contribution in [0, 0.1) is 5.92 Å². The van der Waals surface area contributed by atoms with E-state index in [4.69, 9.17) is 5.73 Å². The molecule has 1 amide bonds. The third-order valence-electron chi connectivity index (χ3n) is 3.74. The molecule has 1 fully saturated rings. The van der Waals surface area contributed by atoms with Crippen molar-refractivity contribution in [3.63, 3.8) is 0 Å². The minimum absolute atomic E-state index is 0.168. The molecule has 0 radical (unpaired) electrons. The smallest absolute Gasteiger partial charge is 0.237 e. The van der Waals surface area contributed by atoms with Gasteiger partial charge in [0.1, 0.15) is 0 Å². The lowest BCUT2D eigenvalue weighted by atomic mass is 9.80. The standard InChI is InChI=1S/C14H28N2OS/c1-4-16-14(13(15)17)8-5-6-12(10-14)18-9-7-11(2)3/h11-12,16H,4-10H2,1-3H3,(H2,15,17). The van der Waals surface area contributed by atoms with Crippen molar-refractivity contribution in [3.05, 3.63) is 0 Å². The van der Waals surface area contributed by atoms with Gasteiger partial charge in [0, 0.05) is 5.25 Å². The van der Waals surface area contributed by atoms with Crippen LogP contribution in [0.25, 0.3) is 0 Å². The predicted octanol–water partition coefficient (Wildman–Crippen LogP) is 2.54. The lowest BCUT2D eigenvalue weighted by molar-refractivity contribution is -0.125. The quantitative estimate of drug-likeness (QED) is 0.749. The van der Waals surface area contributed by atoms with Crippen molar-refractivity contribution in [2.24, 2.45) is 11.7 Å². The van der Waals surface area contributed by atoms with E-state index in [1.54, 1.807) is 0 Å². The Hall–Kier alpha value is -0.220. The molecular formula is C14H28N2OS. The number of hydrogen-bond acceptors (Lipinski definition) is 3. The number of amides is 1. The monoisotopic (exact) mass is 272 g/mol. The summed E-state index contributed by atoms with van der Waals surface area (Å²) >= 11 is 2.02. The molecule has 1 rings (SSSR count). The van der Waals surface area contributed by atoms with Crippen molar-refractivity contribution in [1.29, 1.82) is 0 Å². The Morgan fingerprint density at radius 2 is 2.28 bits per heavy atom. The van der Waals surface area contributed by atoms with Crippen LogP contribution in [0.4, 0.5) is 0 Å². The summed E-state index contributed by atoms with van der Waals surface area (Å²) in [4.78, 5) is 11.7. The highest BCUT2D eigenvalue weighted by Crippen LogP contribution is 2.35. The normalized spacial score (nSPS) is 28.6. The molecule has 3 nitrogen and oxygen atoms in total. The van der Waals surface area contributed by atoms with Gasteiger partial charge in [-0.2, -0.15) is 11.8 Å². The number of nitrogens with two attached hydrogens (primary N) is 1. The summed E-state index contributed by atoms with van der Waals surface area (Å²) in [5, 5.41) is 3.93. The fraction of sp³-hybridized carbons (Fsp3) is 0.929. The number of nitrogens with one attached hydrogen (secondary N) is 1. The summed E-state index contributed by atoms with van der Waals surface area (Å²) < 4.78 is 0. The SMILES string of the molecule is CCNC1(C(N)=O)CCCC(SCCC(C)C)C1. The maximum atomic E-state index is 11.7. The molecular weight excluding hydrogens is 244 g/mol. The maximum Gasteiger partial charge on any atom is 0.237 e. The molecule has 18 heavy (non-hydrogen) atoms. The van der Waals surface area contributed by atoms with E-state index in [0.29, 0.717) is 5.25 Å². The van der Waals surface area contributed by atoms with Gasteiger partial charge in [0.15, 0.2) is 0 Å². The Balaban J connectivity index is 2.50. The highest BCUT2D eigenvalue weighted by molar-refractivity contribution is 7.99. The van der Waals surface area contributed by atoms with E-state index in [0.717, 1.165) is 31.7 Å². The van der Waals surface area contributed by atoms with Crippen molar-refractivity contribution in [2.45, 2.75) is 63.7 Å². The summed E-state index contributed by atoms with van der Waals surface area (Å²) in [6, 6.07) is 0. The third kappa shape index (κ3) is 4.47. The van der Waals surface area contributed by atoms with E-state index in [1.807, 2.05) is 18.7 Å². The number of carbonyl (C=O) groups excluding carboxylic acids is 1. The second kappa shape index (κ2) is 7.39. The first-order chi connectivity index (χ1) is 8.50. The van der Waals surface area contributed by atoms with Crippen LogP contribution in [0.3, 0.4) is 0 Å². The fourth-order valence-corrected chi connectivity index (χ4v) is 4.32. The molecule has 0 saturated heterocycles. The first-order valence-electron chi connectivity index (χ1n) is 7.16. The minimum atomic E-state index is -0.442. The largest absolute Gasteiger partial charge is 0.368 e. The Bertz CT molecular complexity index is 267. The van der Waals surface area contributed by atoms with E-state index in [2.05, 4.69) is 19.2 Å². The van der Waals surface area contributed by atoms with Gasteiger partial charge in [-0.15, -0.1) is 0 Å². The minimum Gasteiger partial charge on any atom is -0.368 e. The number of thioether (sulfide) groups is 1. The van der Waals surface area contributed by atoms with Gasteiger partial charge >= 0.3 is 0 Å². The second-order valence-corrected chi connectivity index (χ2v) is 7.16. The number of primary amides is 1. The number of carbonyl (C=O) groups is 1. The van der Waals surface area contributed by atoms with Gasteiger partial charge in [-0.1, -0.05) is 20.8 Å². The van der Waals surface area contributed by atoms with Crippen LogP contribution in [0.1, 0.15) is 52.9 Å². The first-order valence-corrected chi connectivity index (χ1v) is 8.21. The topological polar surface area (TPSA) is 55.1 Å². The molecule has 1 aliphatic rings. The predicted molar refractivity (Wildman–Crippen MR) is 79.8 cm³/mol. The van der Waals surface area contributed by atoms with Crippen LogP contribution in [0.15, 0.2) is 0 Å². The van der Waals surface area contributed by atoms with E-state index in [-0.39, 0.29) is 5.91 Å². The summed E-state index contributed by atoms with van der Waals surface area (Å²) in [7, 11) is 0. The van der Waals surface area contributed by atoms with E-state index < -0.39 is 5.54 Å². The Morgan fingerprint density at radius 3 is 2.83 bits per heavy atom. The highest BCUT2D eigenvalue weighted by atomic mass is 32.2. The van der Waals surface area contributed by atoms with Gasteiger partial charge in [-0.3, -0.25) is 4.79 Å². The van der Waals surface area contributed by atoms with Crippen LogP contribution in [-0.2, 0) is 4.79 Å². The van der Waals surface area contributed by atoms with Gasteiger partial charge in [0.2, 0.25) is 5.91 Å². The molecule has 3 N–H and O–H groups in total. The van der Waals surface area contributed by atoms with Crippen LogP contribution >= 0.6 is 11.8 Å². The molecule has 106 valence electrons. The molecule has 0 aromatic rings. The van der Waals surface area contributed by atoms with Crippen molar-refractivity contribution < 1.29 is 4.79 Å².